The van der Waals surface area contributed by atoms with Crippen molar-refractivity contribution in [3.8, 4) is 0 Å². The maximum Gasteiger partial charge on any atom is 0.332 e. The standard InChI is InChI=1S/C18H19N5O3S/c1-5-6-22-15-13(16(25)21(4)18(22)26)14(24)11(20-15)7-12-10(3)19-17-23(12)8-9(2)27-17/h7-8,20H,5-6H2,1-4H3. The maximum atomic E-state index is 12.9. The molecule has 3 aromatic heterocycles. The lowest BCUT2D eigenvalue weighted by Gasteiger charge is -2.11. The number of Topliss-reactive ketones (excluding diaryl/α,β-unsaturated/α-hetero) is 1. The van der Waals surface area contributed by atoms with Crippen molar-refractivity contribution in [2.24, 2.45) is 7.05 Å². The van der Waals surface area contributed by atoms with E-state index in [1.807, 2.05) is 31.4 Å². The van der Waals surface area contributed by atoms with Crippen LogP contribution in [0.1, 0.15) is 40.0 Å². The minimum Gasteiger partial charge on any atom is -0.337 e. The molecular weight excluding hydrogens is 366 g/mol. The highest BCUT2D eigenvalue weighted by atomic mass is 32.1. The maximum absolute atomic E-state index is 12.9. The molecule has 8 nitrogen and oxygen atoms in total. The van der Waals surface area contributed by atoms with Gasteiger partial charge in [0, 0.05) is 24.7 Å². The van der Waals surface area contributed by atoms with Gasteiger partial charge in [0.2, 0.25) is 5.78 Å². The highest BCUT2D eigenvalue weighted by Crippen LogP contribution is 2.28. The summed E-state index contributed by atoms with van der Waals surface area (Å²) in [5, 5.41) is 3.01. The third-order valence-corrected chi connectivity index (χ3v) is 5.56. The summed E-state index contributed by atoms with van der Waals surface area (Å²) in [4.78, 5) is 44.4. The molecule has 0 radical (unpaired) electrons. The number of nitrogens with one attached hydrogen (secondary N) is 1. The molecule has 1 aliphatic heterocycles. The van der Waals surface area contributed by atoms with Gasteiger partial charge in [-0.3, -0.25) is 23.1 Å². The predicted octanol–water partition coefficient (Wildman–Crippen LogP) is 1.93. The van der Waals surface area contributed by atoms with Gasteiger partial charge in [-0.2, -0.15) is 0 Å². The summed E-state index contributed by atoms with van der Waals surface area (Å²) in [6.07, 6.45) is 4.37. The zero-order chi connectivity index (χ0) is 19.5. The van der Waals surface area contributed by atoms with E-state index >= 15 is 0 Å². The number of anilines is 1. The van der Waals surface area contributed by atoms with E-state index < -0.39 is 17.0 Å². The summed E-state index contributed by atoms with van der Waals surface area (Å²) in [6, 6.07) is 0. The Bertz CT molecular complexity index is 1250. The fourth-order valence-electron chi connectivity index (χ4n) is 3.35. The lowest BCUT2D eigenvalue weighted by atomic mass is 10.1. The zero-order valence-corrected chi connectivity index (χ0v) is 16.3. The SMILES string of the molecule is CCCn1c2c(c(=O)n(C)c1=O)C(=O)C(=Cc1c(C)nc3sc(C)cn13)N2. The summed E-state index contributed by atoms with van der Waals surface area (Å²) in [6.45, 7) is 6.22. The van der Waals surface area contributed by atoms with Crippen LogP contribution in [0.15, 0.2) is 21.5 Å². The molecule has 9 heteroatoms. The minimum atomic E-state index is -0.579. The quantitative estimate of drug-likeness (QED) is 0.696. The Morgan fingerprint density at radius 3 is 2.70 bits per heavy atom. The van der Waals surface area contributed by atoms with E-state index in [9.17, 15) is 14.4 Å². The van der Waals surface area contributed by atoms with Crippen molar-refractivity contribution in [2.75, 3.05) is 5.32 Å². The number of thiazole rings is 1. The van der Waals surface area contributed by atoms with Gasteiger partial charge in [0.15, 0.2) is 4.96 Å². The van der Waals surface area contributed by atoms with E-state index in [0.29, 0.717) is 13.0 Å². The number of carbonyl (C=O) groups is 1. The Kier molecular flexibility index (Phi) is 3.92. The molecule has 4 rings (SSSR count). The van der Waals surface area contributed by atoms with Crippen molar-refractivity contribution in [1.82, 2.24) is 18.5 Å². The Morgan fingerprint density at radius 1 is 1.26 bits per heavy atom. The van der Waals surface area contributed by atoms with Crippen LogP contribution in [-0.4, -0.2) is 24.3 Å². The van der Waals surface area contributed by atoms with Gasteiger partial charge in [-0.1, -0.05) is 6.92 Å². The lowest BCUT2D eigenvalue weighted by Crippen LogP contribution is -2.40. The fraction of sp³-hybridized carbons (Fsp3) is 0.333. The zero-order valence-electron chi connectivity index (χ0n) is 15.5. The fourth-order valence-corrected chi connectivity index (χ4v) is 4.22. The van der Waals surface area contributed by atoms with Crippen LogP contribution in [0.2, 0.25) is 0 Å². The van der Waals surface area contributed by atoms with E-state index in [4.69, 9.17) is 0 Å². The van der Waals surface area contributed by atoms with E-state index in [1.165, 1.54) is 11.6 Å². The van der Waals surface area contributed by atoms with Crippen LogP contribution in [0.3, 0.4) is 0 Å². The second-order valence-corrected chi connectivity index (χ2v) is 7.82. The van der Waals surface area contributed by atoms with E-state index in [1.54, 1.807) is 17.4 Å². The van der Waals surface area contributed by atoms with E-state index in [0.717, 1.165) is 25.8 Å². The summed E-state index contributed by atoms with van der Waals surface area (Å²) in [5.74, 6) is -0.127. The van der Waals surface area contributed by atoms with Crippen LogP contribution in [-0.2, 0) is 13.6 Å². The summed E-state index contributed by atoms with van der Waals surface area (Å²) in [7, 11) is 1.39. The van der Waals surface area contributed by atoms with Gasteiger partial charge < -0.3 is 5.32 Å². The molecule has 27 heavy (non-hydrogen) atoms. The van der Waals surface area contributed by atoms with Gasteiger partial charge in [0.05, 0.1) is 17.1 Å². The van der Waals surface area contributed by atoms with Crippen LogP contribution in [0.4, 0.5) is 5.82 Å². The molecule has 1 N–H and O–H groups in total. The lowest BCUT2D eigenvalue weighted by molar-refractivity contribution is 0.104. The van der Waals surface area contributed by atoms with Gasteiger partial charge in [-0.15, -0.1) is 11.3 Å². The number of nitrogens with zero attached hydrogens (tertiary/aromatic N) is 4. The topological polar surface area (TPSA) is 90.4 Å². The largest absolute Gasteiger partial charge is 0.337 e. The number of allylic oxidation sites excluding steroid dienone is 1. The molecule has 0 amide bonds. The molecule has 140 valence electrons. The molecule has 0 saturated carbocycles. The van der Waals surface area contributed by atoms with Crippen molar-refractivity contribution in [1.29, 1.82) is 0 Å². The number of aromatic nitrogens is 4. The Labute approximate surface area is 158 Å². The Hall–Kier alpha value is -2.94. The Morgan fingerprint density at radius 2 is 2.00 bits per heavy atom. The average molecular weight is 385 g/mol. The molecule has 0 atom stereocenters. The molecule has 0 fully saturated rings. The predicted molar refractivity (Wildman–Crippen MR) is 105 cm³/mol. The summed E-state index contributed by atoms with van der Waals surface area (Å²) < 4.78 is 4.36. The highest BCUT2D eigenvalue weighted by molar-refractivity contribution is 7.17. The van der Waals surface area contributed by atoms with Crippen molar-refractivity contribution in [2.45, 2.75) is 33.7 Å². The van der Waals surface area contributed by atoms with Crippen molar-refractivity contribution < 1.29 is 4.79 Å². The normalized spacial score (nSPS) is 15.0. The van der Waals surface area contributed by atoms with Gasteiger partial charge in [-0.25, -0.2) is 9.78 Å². The molecule has 3 aromatic rings. The van der Waals surface area contributed by atoms with Crippen LogP contribution in [0.25, 0.3) is 11.0 Å². The van der Waals surface area contributed by atoms with Crippen molar-refractivity contribution in [3.05, 3.63) is 54.6 Å². The number of ketones is 1. The van der Waals surface area contributed by atoms with Gasteiger partial charge in [0.1, 0.15) is 11.4 Å². The van der Waals surface area contributed by atoms with Gasteiger partial charge in [0.25, 0.3) is 5.56 Å². The number of imidazole rings is 1. The van der Waals surface area contributed by atoms with Crippen molar-refractivity contribution >= 4 is 34.0 Å². The van der Waals surface area contributed by atoms with Gasteiger partial charge in [-0.05, 0) is 26.3 Å². The van der Waals surface area contributed by atoms with Crippen LogP contribution >= 0.6 is 11.3 Å². The average Bonchev–Trinajstić information content (AvgIpc) is 3.22. The van der Waals surface area contributed by atoms with E-state index in [-0.39, 0.29) is 17.1 Å². The number of hydrogen-bond acceptors (Lipinski definition) is 6. The molecule has 0 unspecified atom stereocenters. The number of rotatable bonds is 3. The molecule has 0 bridgehead atoms. The molecular formula is C18H19N5O3S. The minimum absolute atomic E-state index is 0.0108. The van der Waals surface area contributed by atoms with E-state index in [2.05, 4.69) is 10.3 Å². The molecule has 4 heterocycles. The molecule has 0 saturated heterocycles. The van der Waals surface area contributed by atoms with Gasteiger partial charge >= 0.3 is 5.69 Å². The molecule has 1 aliphatic rings. The van der Waals surface area contributed by atoms with Crippen LogP contribution in [0.5, 0.6) is 0 Å². The third-order valence-electron chi connectivity index (χ3n) is 4.66. The Balaban J connectivity index is 1.91. The third kappa shape index (κ3) is 2.49. The first-order valence-corrected chi connectivity index (χ1v) is 9.47. The summed E-state index contributed by atoms with van der Waals surface area (Å²) in [5.41, 5.74) is 0.837. The van der Waals surface area contributed by atoms with Crippen molar-refractivity contribution in [3.63, 3.8) is 0 Å². The molecule has 0 aromatic carbocycles. The van der Waals surface area contributed by atoms with Crippen LogP contribution in [0, 0.1) is 13.8 Å². The molecule has 0 spiro atoms. The second kappa shape index (κ2) is 6.05. The highest BCUT2D eigenvalue weighted by Gasteiger charge is 2.32. The second-order valence-electron chi connectivity index (χ2n) is 6.61. The first kappa shape index (κ1) is 17.5. The first-order valence-electron chi connectivity index (χ1n) is 8.65. The smallest absolute Gasteiger partial charge is 0.332 e. The number of aryl methyl sites for hydroxylation is 2. The number of carbonyl (C=O) groups excluding carboxylic acids is 1. The monoisotopic (exact) mass is 385 g/mol. The number of hydrogen-bond donors (Lipinski definition) is 1. The number of fused-ring (bicyclic) bond motifs is 2. The first-order chi connectivity index (χ1) is 12.8. The van der Waals surface area contributed by atoms with Crippen LogP contribution < -0.4 is 16.6 Å². The summed E-state index contributed by atoms with van der Waals surface area (Å²) >= 11 is 1.57. The molecule has 0 aliphatic carbocycles.